The van der Waals surface area contributed by atoms with Gasteiger partial charge in [0.1, 0.15) is 5.69 Å². The van der Waals surface area contributed by atoms with Gasteiger partial charge in [0.05, 0.1) is 17.3 Å². The third-order valence-electron chi connectivity index (χ3n) is 3.76. The largest absolute Gasteiger partial charge is 0.347 e. The molecule has 0 bridgehead atoms. The highest BCUT2D eigenvalue weighted by molar-refractivity contribution is 5.93. The Hall–Kier alpha value is -2.67. The van der Waals surface area contributed by atoms with E-state index >= 15 is 0 Å². The number of hydroxylamine groups is 1. The Bertz CT molecular complexity index is 729. The molecule has 3 N–H and O–H groups in total. The van der Waals surface area contributed by atoms with Crippen LogP contribution in [0.5, 0.6) is 0 Å². The summed E-state index contributed by atoms with van der Waals surface area (Å²) in [6.07, 6.45) is 3.18. The van der Waals surface area contributed by atoms with Crippen LogP contribution >= 0.6 is 0 Å². The van der Waals surface area contributed by atoms with Crippen molar-refractivity contribution in [2.45, 2.75) is 26.8 Å². The van der Waals surface area contributed by atoms with E-state index in [9.17, 15) is 9.59 Å². The summed E-state index contributed by atoms with van der Waals surface area (Å²) in [5, 5.41) is 11.7. The van der Waals surface area contributed by atoms with Crippen molar-refractivity contribution in [3.8, 4) is 0 Å². The highest BCUT2D eigenvalue weighted by Gasteiger charge is 2.30. The first-order chi connectivity index (χ1) is 11.2. The highest BCUT2D eigenvalue weighted by atomic mass is 16.5. The van der Waals surface area contributed by atoms with Crippen LogP contribution in [0.4, 0.5) is 0 Å². The predicted molar refractivity (Wildman–Crippen MR) is 88.6 cm³/mol. The number of pyridine rings is 1. The molecule has 2 amide bonds. The van der Waals surface area contributed by atoms with Crippen LogP contribution in [0, 0.1) is 5.41 Å². The first-order valence-electron chi connectivity index (χ1n) is 7.56. The maximum absolute atomic E-state index is 12.5. The van der Waals surface area contributed by atoms with Gasteiger partial charge in [-0.15, -0.1) is 0 Å². The van der Waals surface area contributed by atoms with Crippen molar-refractivity contribution < 1.29 is 14.8 Å². The van der Waals surface area contributed by atoms with Gasteiger partial charge in [0.25, 0.3) is 11.8 Å². The number of rotatable bonds is 4. The molecule has 2 heterocycles. The normalized spacial score (nSPS) is 12.5. The van der Waals surface area contributed by atoms with Gasteiger partial charge in [-0.2, -0.15) is 0 Å². The fourth-order valence-electron chi connectivity index (χ4n) is 2.41. The third kappa shape index (κ3) is 3.80. The molecule has 0 saturated carbocycles. The van der Waals surface area contributed by atoms with Gasteiger partial charge in [-0.05, 0) is 29.7 Å². The minimum absolute atomic E-state index is 0.193. The van der Waals surface area contributed by atoms with Crippen molar-refractivity contribution in [1.82, 2.24) is 20.3 Å². The second-order valence-electron chi connectivity index (χ2n) is 6.69. The molecule has 1 atom stereocenters. The van der Waals surface area contributed by atoms with E-state index in [1.807, 2.05) is 40.1 Å². The number of carbonyl (C=O) groups excluding carboxylic acids is 2. The maximum atomic E-state index is 12.5. The van der Waals surface area contributed by atoms with Gasteiger partial charge in [0.2, 0.25) is 0 Å². The van der Waals surface area contributed by atoms with Crippen LogP contribution in [0.3, 0.4) is 0 Å². The van der Waals surface area contributed by atoms with Crippen LogP contribution in [0.2, 0.25) is 0 Å². The Kier molecular flexibility index (Phi) is 5.04. The summed E-state index contributed by atoms with van der Waals surface area (Å²) in [6, 6.07) is 6.44. The third-order valence-corrected chi connectivity index (χ3v) is 3.76. The molecular formula is C17H22N4O3. The first kappa shape index (κ1) is 17.7. The summed E-state index contributed by atoms with van der Waals surface area (Å²) in [5.74, 6) is -0.824. The minimum Gasteiger partial charge on any atom is -0.347 e. The smallest absolute Gasteiger partial charge is 0.276 e. The average Bonchev–Trinajstić information content (AvgIpc) is 2.97. The molecule has 0 spiro atoms. The SMILES string of the molecule is Cn1cccc1C(=O)N[C@H](c1ccc(C(=O)NO)cn1)C(C)(C)C. The number of amides is 2. The number of aryl methyl sites for hydroxylation is 1. The zero-order valence-electron chi connectivity index (χ0n) is 14.2. The van der Waals surface area contributed by atoms with Gasteiger partial charge in [-0.3, -0.25) is 19.8 Å². The van der Waals surface area contributed by atoms with Gasteiger partial charge in [-0.25, -0.2) is 5.48 Å². The Balaban J connectivity index is 2.28. The van der Waals surface area contributed by atoms with Gasteiger partial charge in [-0.1, -0.05) is 20.8 Å². The van der Waals surface area contributed by atoms with Crippen LogP contribution in [-0.4, -0.2) is 26.6 Å². The predicted octanol–water partition coefficient (Wildman–Crippen LogP) is 2.06. The number of hydrogen-bond acceptors (Lipinski definition) is 4. The molecule has 0 aliphatic rings. The Morgan fingerprint density at radius 3 is 2.38 bits per heavy atom. The molecule has 2 aromatic heterocycles. The minimum atomic E-state index is -0.630. The van der Waals surface area contributed by atoms with E-state index in [4.69, 9.17) is 5.21 Å². The van der Waals surface area contributed by atoms with E-state index in [0.717, 1.165) is 0 Å². The van der Waals surface area contributed by atoms with Crippen LogP contribution < -0.4 is 10.8 Å². The fourth-order valence-corrected chi connectivity index (χ4v) is 2.41. The van der Waals surface area contributed by atoms with Gasteiger partial charge in [0.15, 0.2) is 0 Å². The molecule has 0 fully saturated rings. The lowest BCUT2D eigenvalue weighted by Crippen LogP contribution is -2.38. The molecule has 128 valence electrons. The van der Waals surface area contributed by atoms with Crippen LogP contribution in [-0.2, 0) is 7.05 Å². The molecule has 2 aromatic rings. The van der Waals surface area contributed by atoms with Crippen molar-refractivity contribution in [3.63, 3.8) is 0 Å². The van der Waals surface area contributed by atoms with E-state index in [1.165, 1.54) is 6.20 Å². The summed E-state index contributed by atoms with van der Waals surface area (Å²) in [7, 11) is 1.81. The maximum Gasteiger partial charge on any atom is 0.276 e. The molecule has 2 rings (SSSR count). The molecule has 7 heteroatoms. The molecule has 0 aliphatic heterocycles. The molecule has 7 nitrogen and oxygen atoms in total. The number of nitrogens with one attached hydrogen (secondary N) is 2. The standard InChI is InChI=1S/C17H22N4O3/c1-17(2,3)14(19-16(23)13-6-5-9-21(13)4)12-8-7-11(10-18-12)15(22)20-24/h5-10,14,24H,1-4H3,(H,19,23)(H,20,22)/t14-/m1/s1. The molecule has 0 aromatic carbocycles. The molecule has 24 heavy (non-hydrogen) atoms. The molecule has 0 unspecified atom stereocenters. The van der Waals surface area contributed by atoms with Crippen LogP contribution in [0.1, 0.15) is 53.4 Å². The molecule has 0 aliphatic carbocycles. The second-order valence-corrected chi connectivity index (χ2v) is 6.69. The monoisotopic (exact) mass is 330 g/mol. The van der Waals surface area contributed by atoms with Gasteiger partial charge >= 0.3 is 0 Å². The molecular weight excluding hydrogens is 308 g/mol. The summed E-state index contributed by atoms with van der Waals surface area (Å²) in [4.78, 5) is 28.2. The Morgan fingerprint density at radius 1 is 1.21 bits per heavy atom. The quantitative estimate of drug-likeness (QED) is 0.590. The van der Waals surface area contributed by atoms with E-state index in [2.05, 4.69) is 10.3 Å². The summed E-state index contributed by atoms with van der Waals surface area (Å²) in [5.41, 5.74) is 2.72. The van der Waals surface area contributed by atoms with Crippen LogP contribution in [0.15, 0.2) is 36.7 Å². The lowest BCUT2D eigenvalue weighted by molar-refractivity contribution is 0.0705. The second kappa shape index (κ2) is 6.84. The first-order valence-corrected chi connectivity index (χ1v) is 7.56. The number of aromatic nitrogens is 2. The van der Waals surface area contributed by atoms with Crippen molar-refractivity contribution in [1.29, 1.82) is 0 Å². The summed E-state index contributed by atoms with van der Waals surface area (Å²) < 4.78 is 1.75. The van der Waals surface area contributed by atoms with Crippen LogP contribution in [0.25, 0.3) is 0 Å². The van der Waals surface area contributed by atoms with Crippen molar-refractivity contribution in [2.75, 3.05) is 0 Å². The van der Waals surface area contributed by atoms with E-state index in [1.54, 1.807) is 28.2 Å². The van der Waals surface area contributed by atoms with Crippen molar-refractivity contribution >= 4 is 11.8 Å². The lowest BCUT2D eigenvalue weighted by atomic mass is 9.84. The zero-order valence-corrected chi connectivity index (χ0v) is 14.2. The average molecular weight is 330 g/mol. The highest BCUT2D eigenvalue weighted by Crippen LogP contribution is 2.32. The topological polar surface area (TPSA) is 96.2 Å². The van der Waals surface area contributed by atoms with E-state index in [-0.39, 0.29) is 22.9 Å². The Labute approximate surface area is 140 Å². The Morgan fingerprint density at radius 2 is 1.92 bits per heavy atom. The van der Waals surface area contributed by atoms with E-state index < -0.39 is 5.91 Å². The summed E-state index contributed by atoms with van der Waals surface area (Å²) >= 11 is 0. The summed E-state index contributed by atoms with van der Waals surface area (Å²) in [6.45, 7) is 6.00. The number of carbonyl (C=O) groups is 2. The number of hydrogen-bond donors (Lipinski definition) is 3. The van der Waals surface area contributed by atoms with Gasteiger partial charge in [0, 0.05) is 19.4 Å². The van der Waals surface area contributed by atoms with Crippen molar-refractivity contribution in [2.24, 2.45) is 12.5 Å². The lowest BCUT2D eigenvalue weighted by Gasteiger charge is -2.31. The van der Waals surface area contributed by atoms with Gasteiger partial charge < -0.3 is 9.88 Å². The molecule has 0 saturated heterocycles. The number of nitrogens with zero attached hydrogens (tertiary/aromatic N) is 2. The van der Waals surface area contributed by atoms with E-state index in [0.29, 0.717) is 11.4 Å². The van der Waals surface area contributed by atoms with Crippen molar-refractivity contribution in [3.05, 3.63) is 53.6 Å². The fraction of sp³-hybridized carbons (Fsp3) is 0.353. The molecule has 0 radical (unpaired) electrons. The zero-order chi connectivity index (χ0) is 17.9.